The molecule has 0 spiro atoms. The molecule has 1 aliphatic carbocycles. The highest BCUT2D eigenvalue weighted by Gasteiger charge is 2.24. The van der Waals surface area contributed by atoms with Crippen LogP contribution in [-0.2, 0) is 34.2 Å². The molecule has 1 aromatic carbocycles. The molecule has 0 aliphatic heterocycles. The van der Waals surface area contributed by atoms with Crippen LogP contribution in [0.25, 0.3) is 10.2 Å². The molecule has 0 fully saturated rings. The number of rotatable bonds is 7. The molecule has 8 nitrogen and oxygen atoms in total. The molecule has 1 amide bonds. The van der Waals surface area contributed by atoms with Gasteiger partial charge in [-0.2, -0.15) is 4.31 Å². The van der Waals surface area contributed by atoms with Crippen LogP contribution in [0.5, 0.6) is 0 Å². The third-order valence-corrected chi connectivity index (χ3v) is 9.30. The largest absolute Gasteiger partial charge is 0.325 e. The molecular weight excluding hydrogens is 460 g/mol. The standard InChI is InChI=1S/C23H28N4O4S2/c1-4-27(5-2)33(30,31)17-9-7-16(8-10-17)25-20(28)13-26-14-24-22-21(23(26)29)18-11-6-15(3)12-19(18)32-22/h7-10,14-15H,4-6,11-13H2,1-3H3,(H,25,28). The van der Waals surface area contributed by atoms with Gasteiger partial charge in [0.2, 0.25) is 15.9 Å². The maximum Gasteiger partial charge on any atom is 0.262 e. The number of hydrogen-bond donors (Lipinski definition) is 1. The minimum Gasteiger partial charge on any atom is -0.325 e. The van der Waals surface area contributed by atoms with E-state index in [9.17, 15) is 18.0 Å². The van der Waals surface area contributed by atoms with E-state index in [1.54, 1.807) is 37.3 Å². The van der Waals surface area contributed by atoms with E-state index in [1.807, 2.05) is 0 Å². The Balaban J connectivity index is 1.50. The van der Waals surface area contributed by atoms with Gasteiger partial charge >= 0.3 is 0 Å². The van der Waals surface area contributed by atoms with Crippen molar-refractivity contribution in [1.82, 2.24) is 13.9 Å². The number of fused-ring (bicyclic) bond motifs is 3. The zero-order valence-corrected chi connectivity index (χ0v) is 20.6. The molecule has 0 radical (unpaired) electrons. The van der Waals surface area contributed by atoms with E-state index >= 15 is 0 Å². The van der Waals surface area contributed by atoms with Gasteiger partial charge in [0.1, 0.15) is 11.4 Å². The van der Waals surface area contributed by atoms with Gasteiger partial charge in [0, 0.05) is 23.7 Å². The normalized spacial score (nSPS) is 16.2. The van der Waals surface area contributed by atoms with Crippen molar-refractivity contribution in [3.63, 3.8) is 0 Å². The van der Waals surface area contributed by atoms with E-state index < -0.39 is 10.0 Å². The summed E-state index contributed by atoms with van der Waals surface area (Å²) in [5, 5.41) is 3.37. The predicted octanol–water partition coefficient (Wildman–Crippen LogP) is 3.25. The van der Waals surface area contributed by atoms with Crippen molar-refractivity contribution in [1.29, 1.82) is 0 Å². The molecule has 3 aromatic rings. The first-order valence-electron chi connectivity index (χ1n) is 11.1. The predicted molar refractivity (Wildman–Crippen MR) is 130 cm³/mol. The summed E-state index contributed by atoms with van der Waals surface area (Å²) in [6.45, 7) is 6.40. The molecule has 176 valence electrons. The molecule has 2 heterocycles. The topological polar surface area (TPSA) is 101 Å². The van der Waals surface area contributed by atoms with E-state index in [0.29, 0.717) is 30.1 Å². The number of benzene rings is 1. The van der Waals surface area contributed by atoms with Gasteiger partial charge in [0.25, 0.3) is 5.56 Å². The lowest BCUT2D eigenvalue weighted by molar-refractivity contribution is -0.116. The molecule has 2 aromatic heterocycles. The first-order valence-corrected chi connectivity index (χ1v) is 13.4. The maximum atomic E-state index is 13.1. The number of aryl methyl sites for hydroxylation is 1. The van der Waals surface area contributed by atoms with E-state index in [-0.39, 0.29) is 22.9 Å². The highest BCUT2D eigenvalue weighted by Crippen LogP contribution is 2.35. The summed E-state index contributed by atoms with van der Waals surface area (Å²) < 4.78 is 27.9. The van der Waals surface area contributed by atoms with Crippen molar-refractivity contribution in [2.75, 3.05) is 18.4 Å². The number of amides is 1. The zero-order valence-electron chi connectivity index (χ0n) is 19.0. The summed E-state index contributed by atoms with van der Waals surface area (Å²) in [6, 6.07) is 6.05. The fourth-order valence-corrected chi connectivity index (χ4v) is 7.06. The number of anilines is 1. The van der Waals surface area contributed by atoms with Crippen LogP contribution >= 0.6 is 11.3 Å². The van der Waals surface area contributed by atoms with Gasteiger partial charge in [-0.15, -0.1) is 11.3 Å². The van der Waals surface area contributed by atoms with Crippen molar-refractivity contribution >= 4 is 43.2 Å². The van der Waals surface area contributed by atoms with Gasteiger partial charge < -0.3 is 5.32 Å². The fraction of sp³-hybridized carbons (Fsp3) is 0.435. The molecule has 1 N–H and O–H groups in total. The quantitative estimate of drug-likeness (QED) is 0.550. The summed E-state index contributed by atoms with van der Waals surface area (Å²) in [7, 11) is -3.56. The Morgan fingerprint density at radius 3 is 2.61 bits per heavy atom. The Morgan fingerprint density at radius 2 is 1.94 bits per heavy atom. The van der Waals surface area contributed by atoms with Crippen molar-refractivity contribution in [3.05, 3.63) is 51.4 Å². The minimum absolute atomic E-state index is 0.164. The highest BCUT2D eigenvalue weighted by atomic mass is 32.2. The molecule has 1 atom stereocenters. The third kappa shape index (κ3) is 4.60. The second-order valence-corrected chi connectivity index (χ2v) is 11.4. The van der Waals surface area contributed by atoms with Crippen LogP contribution in [0.15, 0.2) is 40.3 Å². The third-order valence-electron chi connectivity index (χ3n) is 6.08. The zero-order chi connectivity index (χ0) is 23.8. The van der Waals surface area contributed by atoms with E-state index in [1.165, 1.54) is 32.2 Å². The highest BCUT2D eigenvalue weighted by molar-refractivity contribution is 7.89. The van der Waals surface area contributed by atoms with Gasteiger partial charge in [-0.25, -0.2) is 13.4 Å². The molecule has 0 bridgehead atoms. The Hall–Kier alpha value is -2.56. The number of thiophene rings is 1. The Labute approximate surface area is 197 Å². The van der Waals surface area contributed by atoms with Gasteiger partial charge in [0.15, 0.2) is 0 Å². The van der Waals surface area contributed by atoms with Crippen LogP contribution in [0.4, 0.5) is 5.69 Å². The van der Waals surface area contributed by atoms with Gasteiger partial charge in [-0.05, 0) is 55.0 Å². The summed E-state index contributed by atoms with van der Waals surface area (Å²) in [5.74, 6) is 0.224. The average Bonchev–Trinajstić information content (AvgIpc) is 3.15. The molecule has 4 rings (SSSR count). The van der Waals surface area contributed by atoms with Crippen LogP contribution in [-0.4, -0.2) is 41.3 Å². The first kappa shape index (κ1) is 23.6. The molecule has 33 heavy (non-hydrogen) atoms. The Morgan fingerprint density at radius 1 is 1.24 bits per heavy atom. The Bertz CT molecular complexity index is 1340. The molecule has 1 unspecified atom stereocenters. The molecule has 10 heteroatoms. The number of nitrogens with zero attached hydrogens (tertiary/aromatic N) is 3. The van der Waals surface area contributed by atoms with Crippen molar-refractivity contribution in [3.8, 4) is 0 Å². The average molecular weight is 489 g/mol. The van der Waals surface area contributed by atoms with Gasteiger partial charge in [0.05, 0.1) is 16.6 Å². The lowest BCUT2D eigenvalue weighted by Crippen LogP contribution is -2.30. The van der Waals surface area contributed by atoms with Crippen LogP contribution < -0.4 is 10.9 Å². The lowest BCUT2D eigenvalue weighted by atomic mass is 9.89. The number of carbonyl (C=O) groups is 1. The summed E-state index contributed by atoms with van der Waals surface area (Å²) in [4.78, 5) is 32.3. The number of nitrogens with one attached hydrogen (secondary N) is 1. The van der Waals surface area contributed by atoms with E-state index in [2.05, 4.69) is 17.2 Å². The Kier molecular flexibility index (Phi) is 6.69. The van der Waals surface area contributed by atoms with Gasteiger partial charge in [-0.1, -0.05) is 20.8 Å². The maximum absolute atomic E-state index is 13.1. The molecule has 0 saturated carbocycles. The van der Waals surface area contributed by atoms with Crippen LogP contribution in [0.2, 0.25) is 0 Å². The summed E-state index contributed by atoms with van der Waals surface area (Å²) in [6.07, 6.45) is 4.31. The monoisotopic (exact) mass is 488 g/mol. The van der Waals surface area contributed by atoms with Crippen molar-refractivity contribution in [2.24, 2.45) is 5.92 Å². The minimum atomic E-state index is -3.56. The summed E-state index contributed by atoms with van der Waals surface area (Å²) >= 11 is 1.58. The fourth-order valence-electron chi connectivity index (χ4n) is 4.26. The van der Waals surface area contributed by atoms with Crippen LogP contribution in [0, 0.1) is 5.92 Å². The summed E-state index contributed by atoms with van der Waals surface area (Å²) in [5.41, 5.74) is 1.36. The molecule has 0 saturated heterocycles. The van der Waals surface area contributed by atoms with Crippen LogP contribution in [0.3, 0.4) is 0 Å². The molecular formula is C23H28N4O4S2. The van der Waals surface area contributed by atoms with Crippen molar-refractivity contribution in [2.45, 2.75) is 51.5 Å². The van der Waals surface area contributed by atoms with Gasteiger partial charge in [-0.3, -0.25) is 14.2 Å². The van der Waals surface area contributed by atoms with E-state index in [0.717, 1.165) is 29.7 Å². The van der Waals surface area contributed by atoms with E-state index in [4.69, 9.17) is 0 Å². The number of hydrogen-bond acceptors (Lipinski definition) is 6. The van der Waals surface area contributed by atoms with Crippen LogP contribution in [0.1, 0.15) is 37.6 Å². The number of sulfonamides is 1. The first-order chi connectivity index (χ1) is 15.7. The smallest absolute Gasteiger partial charge is 0.262 e. The second kappa shape index (κ2) is 9.36. The number of carbonyl (C=O) groups excluding carboxylic acids is 1. The SMILES string of the molecule is CCN(CC)S(=O)(=O)c1ccc(NC(=O)Cn2cnc3sc4c(c3c2=O)CCC(C)C4)cc1. The lowest BCUT2D eigenvalue weighted by Gasteiger charge is -2.18. The number of aromatic nitrogens is 2. The molecule has 1 aliphatic rings. The van der Waals surface area contributed by atoms with Crippen molar-refractivity contribution < 1.29 is 13.2 Å². The second-order valence-electron chi connectivity index (χ2n) is 8.37.